The molecule has 0 spiro atoms. The van der Waals surface area contributed by atoms with Crippen LogP contribution in [0, 0.1) is 5.92 Å². The number of nitrogens with zero attached hydrogens (tertiary/aromatic N) is 2. The summed E-state index contributed by atoms with van der Waals surface area (Å²) in [5.41, 5.74) is 0. The summed E-state index contributed by atoms with van der Waals surface area (Å²) in [5, 5.41) is 0. The molecule has 0 saturated heterocycles. The highest BCUT2D eigenvalue weighted by Crippen LogP contribution is 2.05. The molecule has 0 aliphatic heterocycles. The van der Waals surface area contributed by atoms with E-state index in [0.717, 1.165) is 39.0 Å². The van der Waals surface area contributed by atoms with Crippen molar-refractivity contribution in [2.75, 3.05) is 46.9 Å². The van der Waals surface area contributed by atoms with E-state index in [9.17, 15) is 4.79 Å². The van der Waals surface area contributed by atoms with Gasteiger partial charge in [0.25, 0.3) is 0 Å². The third-order valence-corrected chi connectivity index (χ3v) is 3.15. The number of hydrogen-bond donors (Lipinski definition) is 0. The van der Waals surface area contributed by atoms with Crippen LogP contribution in [0.1, 0.15) is 46.5 Å². The highest BCUT2D eigenvalue weighted by molar-refractivity contribution is 5.69. The quantitative estimate of drug-likeness (QED) is 0.408. The summed E-state index contributed by atoms with van der Waals surface area (Å²) >= 11 is 0. The Hall–Kier alpha value is -0.610. The molecule has 120 valence electrons. The van der Waals surface area contributed by atoms with Crippen molar-refractivity contribution in [2.45, 2.75) is 46.5 Å². The molecular weight excluding hydrogens is 252 g/mol. The second-order valence-electron chi connectivity index (χ2n) is 6.11. The Morgan fingerprint density at radius 3 is 2.30 bits per heavy atom. The topological polar surface area (TPSA) is 32.8 Å². The van der Waals surface area contributed by atoms with Crippen LogP contribution in [-0.2, 0) is 9.53 Å². The van der Waals surface area contributed by atoms with Crippen LogP contribution in [-0.4, -0.2) is 62.7 Å². The standard InChI is InChI=1S/C16H34N2O2/c1-6-20-16(19)10-8-7-9-11-18(14-15(2)3)13-12-17(4)5/h15H,6-14H2,1-5H3. The van der Waals surface area contributed by atoms with Gasteiger partial charge in [0.15, 0.2) is 0 Å². The van der Waals surface area contributed by atoms with Crippen molar-refractivity contribution in [1.82, 2.24) is 9.80 Å². The van der Waals surface area contributed by atoms with Crippen LogP contribution < -0.4 is 0 Å². The molecule has 0 unspecified atom stereocenters. The van der Waals surface area contributed by atoms with Crippen molar-refractivity contribution < 1.29 is 9.53 Å². The molecule has 0 N–H and O–H groups in total. The van der Waals surface area contributed by atoms with E-state index in [4.69, 9.17) is 4.74 Å². The number of carbonyl (C=O) groups is 1. The van der Waals surface area contributed by atoms with Crippen molar-refractivity contribution in [2.24, 2.45) is 5.92 Å². The number of esters is 1. The molecule has 0 radical (unpaired) electrons. The van der Waals surface area contributed by atoms with Gasteiger partial charge in [0.2, 0.25) is 0 Å². The summed E-state index contributed by atoms with van der Waals surface area (Å²) in [6.45, 7) is 11.4. The monoisotopic (exact) mass is 286 g/mol. The molecule has 0 rings (SSSR count). The molecular formula is C16H34N2O2. The Kier molecular flexibility index (Phi) is 11.8. The van der Waals surface area contributed by atoms with Gasteiger partial charge in [-0.05, 0) is 46.3 Å². The minimum atomic E-state index is -0.0563. The Balaban J connectivity index is 3.75. The number of hydrogen-bond acceptors (Lipinski definition) is 4. The lowest BCUT2D eigenvalue weighted by Gasteiger charge is -2.25. The molecule has 0 aliphatic carbocycles. The molecule has 0 aromatic rings. The third-order valence-electron chi connectivity index (χ3n) is 3.15. The lowest BCUT2D eigenvalue weighted by molar-refractivity contribution is -0.143. The van der Waals surface area contributed by atoms with E-state index < -0.39 is 0 Å². The lowest BCUT2D eigenvalue weighted by atomic mass is 10.1. The number of carbonyl (C=O) groups excluding carboxylic acids is 1. The molecule has 0 heterocycles. The normalized spacial score (nSPS) is 11.6. The maximum Gasteiger partial charge on any atom is 0.305 e. The predicted molar refractivity (Wildman–Crippen MR) is 84.9 cm³/mol. The Morgan fingerprint density at radius 1 is 1.05 bits per heavy atom. The maximum atomic E-state index is 11.2. The molecule has 0 fully saturated rings. The number of unbranched alkanes of at least 4 members (excludes halogenated alkanes) is 2. The summed E-state index contributed by atoms with van der Waals surface area (Å²) in [4.78, 5) is 16.0. The zero-order chi connectivity index (χ0) is 15.4. The Labute approximate surface area is 125 Å². The summed E-state index contributed by atoms with van der Waals surface area (Å²) < 4.78 is 4.93. The Morgan fingerprint density at radius 2 is 1.75 bits per heavy atom. The van der Waals surface area contributed by atoms with Gasteiger partial charge in [-0.25, -0.2) is 0 Å². The van der Waals surface area contributed by atoms with Gasteiger partial charge < -0.3 is 14.5 Å². The molecule has 0 saturated carbocycles. The first-order valence-electron chi connectivity index (χ1n) is 7.98. The SMILES string of the molecule is CCOC(=O)CCCCCN(CCN(C)C)CC(C)C. The van der Waals surface area contributed by atoms with Crippen LogP contribution in [0.5, 0.6) is 0 Å². The highest BCUT2D eigenvalue weighted by Gasteiger charge is 2.08. The van der Waals surface area contributed by atoms with Crippen LogP contribution in [0.15, 0.2) is 0 Å². The zero-order valence-corrected chi connectivity index (χ0v) is 14.2. The van der Waals surface area contributed by atoms with Crippen molar-refractivity contribution in [1.29, 1.82) is 0 Å². The Bertz CT molecular complexity index is 243. The minimum Gasteiger partial charge on any atom is -0.466 e. The van der Waals surface area contributed by atoms with E-state index in [0.29, 0.717) is 18.9 Å². The van der Waals surface area contributed by atoms with E-state index in [2.05, 4.69) is 37.7 Å². The van der Waals surface area contributed by atoms with Crippen molar-refractivity contribution in [3.05, 3.63) is 0 Å². The van der Waals surface area contributed by atoms with Gasteiger partial charge in [-0.15, -0.1) is 0 Å². The van der Waals surface area contributed by atoms with Crippen LogP contribution in [0.2, 0.25) is 0 Å². The molecule has 0 bridgehead atoms. The molecule has 0 aromatic heterocycles. The van der Waals surface area contributed by atoms with Crippen LogP contribution in [0.4, 0.5) is 0 Å². The van der Waals surface area contributed by atoms with Crippen LogP contribution in [0.25, 0.3) is 0 Å². The van der Waals surface area contributed by atoms with Crippen LogP contribution >= 0.6 is 0 Å². The zero-order valence-electron chi connectivity index (χ0n) is 14.2. The molecule has 4 nitrogen and oxygen atoms in total. The maximum absolute atomic E-state index is 11.2. The number of likely N-dealkylation sites (N-methyl/N-ethyl adjacent to an activating group) is 1. The second kappa shape index (κ2) is 12.2. The summed E-state index contributed by atoms with van der Waals surface area (Å²) in [5.74, 6) is 0.649. The van der Waals surface area contributed by atoms with E-state index in [1.165, 1.54) is 6.42 Å². The fraction of sp³-hybridized carbons (Fsp3) is 0.938. The number of rotatable bonds is 12. The molecule has 0 aliphatic rings. The van der Waals surface area contributed by atoms with E-state index in [-0.39, 0.29) is 5.97 Å². The first kappa shape index (κ1) is 19.4. The first-order valence-corrected chi connectivity index (χ1v) is 7.98. The second-order valence-corrected chi connectivity index (χ2v) is 6.11. The van der Waals surface area contributed by atoms with Gasteiger partial charge in [-0.2, -0.15) is 0 Å². The van der Waals surface area contributed by atoms with Gasteiger partial charge in [0.05, 0.1) is 6.61 Å². The minimum absolute atomic E-state index is 0.0563. The molecule has 0 aromatic carbocycles. The van der Waals surface area contributed by atoms with Gasteiger partial charge >= 0.3 is 5.97 Å². The molecule has 0 amide bonds. The molecule has 4 heteroatoms. The van der Waals surface area contributed by atoms with Gasteiger partial charge in [0.1, 0.15) is 0 Å². The van der Waals surface area contributed by atoms with Crippen molar-refractivity contribution >= 4 is 5.97 Å². The van der Waals surface area contributed by atoms with Crippen molar-refractivity contribution in [3.8, 4) is 0 Å². The van der Waals surface area contributed by atoms with Gasteiger partial charge in [0, 0.05) is 26.1 Å². The summed E-state index contributed by atoms with van der Waals surface area (Å²) in [6.07, 6.45) is 3.78. The average Bonchev–Trinajstić information content (AvgIpc) is 2.34. The van der Waals surface area contributed by atoms with Crippen LogP contribution in [0.3, 0.4) is 0 Å². The molecule has 0 atom stereocenters. The van der Waals surface area contributed by atoms with Gasteiger partial charge in [-0.3, -0.25) is 4.79 Å². The smallest absolute Gasteiger partial charge is 0.305 e. The van der Waals surface area contributed by atoms with Gasteiger partial charge in [-0.1, -0.05) is 20.3 Å². The number of ether oxygens (including phenoxy) is 1. The lowest BCUT2D eigenvalue weighted by Crippen LogP contribution is -2.35. The first-order chi connectivity index (χ1) is 9.45. The molecule has 20 heavy (non-hydrogen) atoms. The van der Waals surface area contributed by atoms with E-state index in [1.807, 2.05) is 6.92 Å². The largest absolute Gasteiger partial charge is 0.466 e. The fourth-order valence-corrected chi connectivity index (χ4v) is 2.17. The van der Waals surface area contributed by atoms with Crippen molar-refractivity contribution in [3.63, 3.8) is 0 Å². The average molecular weight is 286 g/mol. The van der Waals surface area contributed by atoms with E-state index >= 15 is 0 Å². The van der Waals surface area contributed by atoms with E-state index in [1.54, 1.807) is 0 Å². The third kappa shape index (κ3) is 12.4. The fourth-order valence-electron chi connectivity index (χ4n) is 2.17. The summed E-state index contributed by atoms with van der Waals surface area (Å²) in [7, 11) is 4.24. The predicted octanol–water partition coefficient (Wildman–Crippen LogP) is 2.63. The summed E-state index contributed by atoms with van der Waals surface area (Å²) in [6, 6.07) is 0. The highest BCUT2D eigenvalue weighted by atomic mass is 16.5.